The van der Waals surface area contributed by atoms with Crippen LogP contribution in [0.25, 0.3) is 22.2 Å². The summed E-state index contributed by atoms with van der Waals surface area (Å²) < 4.78 is 10.6. The first-order chi connectivity index (χ1) is 12.1. The standard InChI is InChI=1S/C20H19NO4/c1-4-12-5-7-16-14(9-12)15(20(22)23)11-17(21-16)13-6-8-18(24-2)19(10-13)25-3/h5-11H,4H2,1-3H3,(H,22,23). The van der Waals surface area contributed by atoms with Crippen LogP contribution in [0.1, 0.15) is 22.8 Å². The van der Waals surface area contributed by atoms with Gasteiger partial charge in [0.15, 0.2) is 11.5 Å². The van der Waals surface area contributed by atoms with Gasteiger partial charge in [0.05, 0.1) is 31.0 Å². The Hall–Kier alpha value is -3.08. The first kappa shape index (κ1) is 16.8. The van der Waals surface area contributed by atoms with Crippen molar-refractivity contribution in [3.05, 3.63) is 53.6 Å². The van der Waals surface area contributed by atoms with E-state index in [1.54, 1.807) is 32.4 Å². The summed E-state index contributed by atoms with van der Waals surface area (Å²) >= 11 is 0. The van der Waals surface area contributed by atoms with E-state index in [0.717, 1.165) is 17.5 Å². The number of methoxy groups -OCH3 is 2. The van der Waals surface area contributed by atoms with E-state index in [2.05, 4.69) is 4.98 Å². The SMILES string of the molecule is CCc1ccc2nc(-c3ccc(OC)c(OC)c3)cc(C(=O)O)c2c1. The first-order valence-electron chi connectivity index (χ1n) is 7.96. The number of benzene rings is 2. The summed E-state index contributed by atoms with van der Waals surface area (Å²) in [5.41, 5.74) is 3.32. The van der Waals surface area contributed by atoms with Crippen LogP contribution in [0.5, 0.6) is 11.5 Å². The van der Waals surface area contributed by atoms with Crippen LogP contribution in [0.15, 0.2) is 42.5 Å². The highest BCUT2D eigenvalue weighted by molar-refractivity contribution is 6.04. The molecule has 3 aromatic rings. The lowest BCUT2D eigenvalue weighted by molar-refractivity contribution is 0.0699. The number of aryl methyl sites for hydroxylation is 1. The second-order valence-electron chi connectivity index (χ2n) is 5.64. The average Bonchev–Trinajstić information content (AvgIpc) is 2.65. The molecule has 0 atom stereocenters. The fourth-order valence-electron chi connectivity index (χ4n) is 2.81. The molecule has 0 saturated heterocycles. The fraction of sp³-hybridized carbons (Fsp3) is 0.200. The Bertz CT molecular complexity index is 950. The summed E-state index contributed by atoms with van der Waals surface area (Å²) in [4.78, 5) is 16.4. The van der Waals surface area contributed by atoms with Gasteiger partial charge < -0.3 is 14.6 Å². The second-order valence-corrected chi connectivity index (χ2v) is 5.64. The molecule has 1 aromatic heterocycles. The molecule has 128 valence electrons. The maximum Gasteiger partial charge on any atom is 0.336 e. The third-order valence-corrected chi connectivity index (χ3v) is 4.19. The van der Waals surface area contributed by atoms with E-state index in [4.69, 9.17) is 9.47 Å². The van der Waals surface area contributed by atoms with Gasteiger partial charge in [-0.1, -0.05) is 13.0 Å². The molecule has 3 rings (SSSR count). The Morgan fingerprint density at radius 3 is 2.44 bits per heavy atom. The number of hydrogen-bond donors (Lipinski definition) is 1. The Morgan fingerprint density at radius 2 is 1.80 bits per heavy atom. The number of ether oxygens (including phenoxy) is 2. The maximum absolute atomic E-state index is 11.7. The Balaban J connectivity index is 2.22. The van der Waals surface area contributed by atoms with Crippen LogP contribution in [-0.4, -0.2) is 30.3 Å². The summed E-state index contributed by atoms with van der Waals surface area (Å²) in [6, 6.07) is 12.7. The maximum atomic E-state index is 11.7. The van der Waals surface area contributed by atoms with Crippen LogP contribution < -0.4 is 9.47 Å². The molecule has 25 heavy (non-hydrogen) atoms. The number of hydrogen-bond acceptors (Lipinski definition) is 4. The summed E-state index contributed by atoms with van der Waals surface area (Å²) in [5.74, 6) is 0.209. The number of carboxylic acids is 1. The zero-order valence-corrected chi connectivity index (χ0v) is 14.4. The van der Waals surface area contributed by atoms with Gasteiger partial charge in [-0.3, -0.25) is 0 Å². The molecule has 0 unspecified atom stereocenters. The minimum atomic E-state index is -0.970. The van der Waals surface area contributed by atoms with E-state index in [0.29, 0.717) is 28.1 Å². The molecule has 0 aliphatic heterocycles. The molecular formula is C20H19NO4. The first-order valence-corrected chi connectivity index (χ1v) is 7.96. The highest BCUT2D eigenvalue weighted by atomic mass is 16.5. The molecule has 0 fully saturated rings. The molecule has 0 amide bonds. The van der Waals surface area contributed by atoms with Crippen molar-refractivity contribution in [2.45, 2.75) is 13.3 Å². The zero-order chi connectivity index (χ0) is 18.0. The van der Waals surface area contributed by atoms with E-state index in [9.17, 15) is 9.90 Å². The van der Waals surface area contributed by atoms with Crippen molar-refractivity contribution in [1.82, 2.24) is 4.98 Å². The molecule has 0 aliphatic rings. The zero-order valence-electron chi connectivity index (χ0n) is 14.4. The molecule has 0 bridgehead atoms. The molecule has 0 spiro atoms. The molecule has 0 radical (unpaired) electrons. The smallest absolute Gasteiger partial charge is 0.336 e. The highest BCUT2D eigenvalue weighted by Crippen LogP contribution is 2.33. The predicted octanol–water partition coefficient (Wildman–Crippen LogP) is 4.18. The van der Waals surface area contributed by atoms with Crippen LogP contribution in [0.2, 0.25) is 0 Å². The van der Waals surface area contributed by atoms with Crippen molar-refractivity contribution < 1.29 is 19.4 Å². The van der Waals surface area contributed by atoms with Gasteiger partial charge in [-0.15, -0.1) is 0 Å². The summed E-state index contributed by atoms with van der Waals surface area (Å²) in [5, 5.41) is 10.3. The summed E-state index contributed by atoms with van der Waals surface area (Å²) in [6.07, 6.45) is 0.840. The molecule has 2 aromatic carbocycles. The van der Waals surface area contributed by atoms with Gasteiger partial charge in [0.25, 0.3) is 0 Å². The van der Waals surface area contributed by atoms with Crippen LogP contribution in [0, 0.1) is 0 Å². The van der Waals surface area contributed by atoms with E-state index < -0.39 is 5.97 Å². The van der Waals surface area contributed by atoms with Gasteiger partial charge >= 0.3 is 5.97 Å². The largest absolute Gasteiger partial charge is 0.493 e. The number of rotatable bonds is 5. The third kappa shape index (κ3) is 3.13. The summed E-state index contributed by atoms with van der Waals surface area (Å²) in [7, 11) is 3.13. The van der Waals surface area contributed by atoms with Gasteiger partial charge in [-0.25, -0.2) is 9.78 Å². The monoisotopic (exact) mass is 337 g/mol. The van der Waals surface area contributed by atoms with E-state index in [1.807, 2.05) is 31.2 Å². The van der Waals surface area contributed by atoms with Gasteiger partial charge in [0.2, 0.25) is 0 Å². The number of fused-ring (bicyclic) bond motifs is 1. The number of nitrogens with zero attached hydrogens (tertiary/aromatic N) is 1. The van der Waals surface area contributed by atoms with Gasteiger partial charge in [0, 0.05) is 10.9 Å². The lowest BCUT2D eigenvalue weighted by Gasteiger charge is -2.11. The van der Waals surface area contributed by atoms with Crippen molar-refractivity contribution in [3.63, 3.8) is 0 Å². The fourth-order valence-corrected chi connectivity index (χ4v) is 2.81. The van der Waals surface area contributed by atoms with Crippen LogP contribution in [-0.2, 0) is 6.42 Å². The quantitative estimate of drug-likeness (QED) is 0.756. The van der Waals surface area contributed by atoms with E-state index in [1.165, 1.54) is 0 Å². The molecule has 0 saturated carbocycles. The number of carbonyl (C=O) groups is 1. The molecule has 1 N–H and O–H groups in total. The molecule has 5 nitrogen and oxygen atoms in total. The van der Waals surface area contributed by atoms with Crippen LogP contribution >= 0.6 is 0 Å². The van der Waals surface area contributed by atoms with E-state index >= 15 is 0 Å². The molecule has 5 heteroatoms. The number of aromatic nitrogens is 1. The van der Waals surface area contributed by atoms with Gasteiger partial charge in [-0.05, 0) is 48.4 Å². The minimum Gasteiger partial charge on any atom is -0.493 e. The lowest BCUT2D eigenvalue weighted by Crippen LogP contribution is -2.01. The van der Waals surface area contributed by atoms with Crippen LogP contribution in [0.4, 0.5) is 0 Å². The van der Waals surface area contributed by atoms with E-state index in [-0.39, 0.29) is 5.56 Å². The Morgan fingerprint density at radius 1 is 1.04 bits per heavy atom. The lowest BCUT2D eigenvalue weighted by atomic mass is 10.0. The Kier molecular flexibility index (Phi) is 4.57. The van der Waals surface area contributed by atoms with Crippen molar-refractivity contribution in [2.75, 3.05) is 14.2 Å². The number of carboxylic acid groups (broad SMARTS) is 1. The van der Waals surface area contributed by atoms with Crippen molar-refractivity contribution in [2.24, 2.45) is 0 Å². The van der Waals surface area contributed by atoms with Crippen LogP contribution in [0.3, 0.4) is 0 Å². The third-order valence-electron chi connectivity index (χ3n) is 4.19. The van der Waals surface area contributed by atoms with Crippen molar-refractivity contribution in [1.29, 1.82) is 0 Å². The van der Waals surface area contributed by atoms with Crippen molar-refractivity contribution in [3.8, 4) is 22.8 Å². The minimum absolute atomic E-state index is 0.241. The number of aromatic carboxylic acids is 1. The summed E-state index contributed by atoms with van der Waals surface area (Å²) in [6.45, 7) is 2.03. The molecular weight excluding hydrogens is 318 g/mol. The predicted molar refractivity (Wildman–Crippen MR) is 96.6 cm³/mol. The van der Waals surface area contributed by atoms with Gasteiger partial charge in [0.1, 0.15) is 0 Å². The highest BCUT2D eigenvalue weighted by Gasteiger charge is 2.15. The number of pyridine rings is 1. The molecule has 0 aliphatic carbocycles. The normalized spacial score (nSPS) is 10.7. The average molecular weight is 337 g/mol. The second kappa shape index (κ2) is 6.81. The Labute approximate surface area is 145 Å². The van der Waals surface area contributed by atoms with Gasteiger partial charge in [-0.2, -0.15) is 0 Å². The topological polar surface area (TPSA) is 68.7 Å². The molecule has 1 heterocycles. The van der Waals surface area contributed by atoms with Crippen molar-refractivity contribution >= 4 is 16.9 Å².